The van der Waals surface area contributed by atoms with Crippen molar-refractivity contribution in [3.8, 4) is 5.75 Å². The van der Waals surface area contributed by atoms with Gasteiger partial charge in [-0.25, -0.2) is 12.7 Å². The molecule has 0 aliphatic heterocycles. The minimum Gasteiger partial charge on any atom is -0.486 e. The van der Waals surface area contributed by atoms with Gasteiger partial charge in [0.15, 0.2) is 0 Å². The molecule has 0 aliphatic carbocycles. The number of rotatable bonds is 6. The van der Waals surface area contributed by atoms with E-state index in [0.29, 0.717) is 17.1 Å². The molecule has 0 saturated heterocycles. The molecule has 0 unspecified atom stereocenters. The Kier molecular flexibility index (Phi) is 5.30. The van der Waals surface area contributed by atoms with Gasteiger partial charge in [0, 0.05) is 33.8 Å². The molecule has 2 aromatic rings. The van der Waals surface area contributed by atoms with Crippen LogP contribution in [-0.4, -0.2) is 51.7 Å². The van der Waals surface area contributed by atoms with Crippen molar-refractivity contribution in [2.24, 2.45) is 0 Å². The van der Waals surface area contributed by atoms with Crippen LogP contribution in [0.15, 0.2) is 45.9 Å². The highest BCUT2D eigenvalue weighted by Crippen LogP contribution is 2.19. The van der Waals surface area contributed by atoms with E-state index < -0.39 is 10.0 Å². The zero-order chi connectivity index (χ0) is 17.9. The quantitative estimate of drug-likeness (QED) is 0.792. The van der Waals surface area contributed by atoms with Crippen molar-refractivity contribution >= 4 is 15.9 Å². The Balaban J connectivity index is 2.02. The van der Waals surface area contributed by atoms with Gasteiger partial charge in [-0.3, -0.25) is 4.79 Å². The van der Waals surface area contributed by atoms with Crippen LogP contribution in [0.25, 0.3) is 0 Å². The number of ether oxygens (including phenoxy) is 1. The molecule has 0 aliphatic rings. The third kappa shape index (κ3) is 3.95. The molecule has 2 rings (SSSR count). The Hall–Kier alpha value is -2.32. The molecule has 0 bridgehead atoms. The van der Waals surface area contributed by atoms with E-state index in [1.807, 2.05) is 0 Å². The van der Waals surface area contributed by atoms with Crippen molar-refractivity contribution < 1.29 is 22.4 Å². The van der Waals surface area contributed by atoms with Gasteiger partial charge >= 0.3 is 0 Å². The van der Waals surface area contributed by atoms with E-state index in [4.69, 9.17) is 9.15 Å². The molecule has 1 aromatic carbocycles. The van der Waals surface area contributed by atoms with E-state index in [9.17, 15) is 13.2 Å². The molecule has 0 radical (unpaired) electrons. The number of carbonyl (C=O) groups excluding carboxylic acids is 1. The molecule has 1 aromatic heterocycles. The number of amides is 1. The molecule has 0 atom stereocenters. The zero-order valence-electron chi connectivity index (χ0n) is 14.0. The second-order valence-corrected chi connectivity index (χ2v) is 7.60. The summed E-state index contributed by atoms with van der Waals surface area (Å²) >= 11 is 0. The van der Waals surface area contributed by atoms with Crippen LogP contribution in [0.3, 0.4) is 0 Å². The maximum absolute atomic E-state index is 11.9. The summed E-state index contributed by atoms with van der Waals surface area (Å²) < 4.78 is 35.8. The fourth-order valence-electron chi connectivity index (χ4n) is 1.86. The molecule has 0 N–H and O–H groups in total. The van der Waals surface area contributed by atoms with Crippen LogP contribution in [0.1, 0.15) is 16.1 Å². The fraction of sp³-hybridized carbons (Fsp3) is 0.312. The van der Waals surface area contributed by atoms with Gasteiger partial charge in [-0.05, 0) is 36.4 Å². The summed E-state index contributed by atoms with van der Waals surface area (Å²) in [7, 11) is 2.64. The van der Waals surface area contributed by atoms with E-state index in [1.165, 1.54) is 25.1 Å². The lowest BCUT2D eigenvalue weighted by Crippen LogP contribution is -2.21. The second kappa shape index (κ2) is 7.06. The highest BCUT2D eigenvalue weighted by Gasteiger charge is 2.21. The molecule has 8 heteroatoms. The summed E-state index contributed by atoms with van der Waals surface area (Å²) in [5, 5.41) is -0.127. The Bertz CT molecular complexity index is 807. The molecule has 7 nitrogen and oxygen atoms in total. The first-order valence-corrected chi connectivity index (χ1v) is 8.61. The third-order valence-corrected chi connectivity index (χ3v) is 4.95. The zero-order valence-corrected chi connectivity index (χ0v) is 14.8. The van der Waals surface area contributed by atoms with Gasteiger partial charge in [-0.2, -0.15) is 0 Å². The van der Waals surface area contributed by atoms with Crippen LogP contribution >= 0.6 is 0 Å². The van der Waals surface area contributed by atoms with Crippen LogP contribution in [0.5, 0.6) is 5.75 Å². The molecule has 24 heavy (non-hydrogen) atoms. The summed E-state index contributed by atoms with van der Waals surface area (Å²) in [5.74, 6) is 0.855. The van der Waals surface area contributed by atoms with E-state index in [-0.39, 0.29) is 17.6 Å². The molecular formula is C16H20N2O5S. The van der Waals surface area contributed by atoms with E-state index in [1.54, 1.807) is 44.4 Å². The van der Waals surface area contributed by atoms with Crippen LogP contribution in [-0.2, 0) is 16.6 Å². The van der Waals surface area contributed by atoms with E-state index in [0.717, 1.165) is 4.31 Å². The minimum atomic E-state index is -3.59. The number of hydrogen-bond donors (Lipinski definition) is 0. The molecule has 1 amide bonds. The number of furan rings is 1. The summed E-state index contributed by atoms with van der Waals surface area (Å²) in [4.78, 5) is 13.3. The predicted octanol–water partition coefficient (Wildman–Crippen LogP) is 1.81. The highest BCUT2D eigenvalue weighted by atomic mass is 32.2. The number of benzene rings is 1. The monoisotopic (exact) mass is 352 g/mol. The molecule has 1 heterocycles. The van der Waals surface area contributed by atoms with Gasteiger partial charge in [0.05, 0.1) is 0 Å². The van der Waals surface area contributed by atoms with Gasteiger partial charge < -0.3 is 14.1 Å². The summed E-state index contributed by atoms with van der Waals surface area (Å²) in [6.45, 7) is 0.0872. The summed E-state index contributed by atoms with van der Waals surface area (Å²) in [5.41, 5.74) is 0.560. The van der Waals surface area contributed by atoms with Crippen molar-refractivity contribution in [1.82, 2.24) is 9.21 Å². The minimum absolute atomic E-state index is 0.0872. The second-order valence-electron chi connectivity index (χ2n) is 5.52. The summed E-state index contributed by atoms with van der Waals surface area (Å²) in [6.07, 6.45) is 0. The topological polar surface area (TPSA) is 80.1 Å². The first-order chi connectivity index (χ1) is 11.2. The van der Waals surface area contributed by atoms with Crippen LogP contribution in [0.4, 0.5) is 0 Å². The maximum Gasteiger partial charge on any atom is 0.275 e. The maximum atomic E-state index is 11.9. The Morgan fingerprint density at radius 3 is 2.21 bits per heavy atom. The van der Waals surface area contributed by atoms with Crippen molar-refractivity contribution in [3.63, 3.8) is 0 Å². The standard InChI is InChI=1S/C16H20N2O5S/c1-17(2)16(19)12-5-7-13(8-6-12)22-11-14-9-10-15(23-14)24(20,21)18(3)4/h5-10H,11H2,1-4H3. The largest absolute Gasteiger partial charge is 0.486 e. The van der Waals surface area contributed by atoms with Crippen LogP contribution < -0.4 is 4.74 Å². The average molecular weight is 352 g/mol. The van der Waals surface area contributed by atoms with Crippen molar-refractivity contribution in [2.75, 3.05) is 28.2 Å². The van der Waals surface area contributed by atoms with Gasteiger partial charge in [0.2, 0.25) is 5.09 Å². The molecular weight excluding hydrogens is 332 g/mol. The third-order valence-electron chi connectivity index (χ3n) is 3.26. The van der Waals surface area contributed by atoms with Crippen LogP contribution in [0, 0.1) is 0 Å². The number of hydrogen-bond acceptors (Lipinski definition) is 5. The normalized spacial score (nSPS) is 11.5. The van der Waals surface area contributed by atoms with Crippen molar-refractivity contribution in [3.05, 3.63) is 47.7 Å². The highest BCUT2D eigenvalue weighted by molar-refractivity contribution is 7.88. The number of nitrogens with zero attached hydrogens (tertiary/aromatic N) is 2. The number of sulfonamides is 1. The molecule has 0 spiro atoms. The Labute approximate surface area is 141 Å². The first-order valence-electron chi connectivity index (χ1n) is 7.17. The lowest BCUT2D eigenvalue weighted by Gasteiger charge is -2.11. The fourth-order valence-corrected chi connectivity index (χ4v) is 2.67. The van der Waals surface area contributed by atoms with Crippen LogP contribution in [0.2, 0.25) is 0 Å². The van der Waals surface area contributed by atoms with Gasteiger partial charge in [-0.15, -0.1) is 0 Å². The Morgan fingerprint density at radius 1 is 1.04 bits per heavy atom. The molecule has 0 fully saturated rings. The summed E-state index contributed by atoms with van der Waals surface area (Å²) in [6, 6.07) is 9.64. The van der Waals surface area contributed by atoms with Crippen molar-refractivity contribution in [2.45, 2.75) is 11.7 Å². The smallest absolute Gasteiger partial charge is 0.275 e. The predicted molar refractivity (Wildman–Crippen MR) is 88.4 cm³/mol. The van der Waals surface area contributed by atoms with Gasteiger partial charge in [-0.1, -0.05) is 0 Å². The molecule has 0 saturated carbocycles. The van der Waals surface area contributed by atoms with E-state index >= 15 is 0 Å². The number of carbonyl (C=O) groups is 1. The average Bonchev–Trinajstić information content (AvgIpc) is 3.02. The lowest BCUT2D eigenvalue weighted by atomic mass is 10.2. The van der Waals surface area contributed by atoms with Gasteiger partial charge in [0.25, 0.3) is 15.9 Å². The van der Waals surface area contributed by atoms with E-state index in [2.05, 4.69) is 0 Å². The molecule has 130 valence electrons. The Morgan fingerprint density at radius 2 is 1.67 bits per heavy atom. The van der Waals surface area contributed by atoms with Gasteiger partial charge in [0.1, 0.15) is 18.1 Å². The van der Waals surface area contributed by atoms with Crippen molar-refractivity contribution in [1.29, 1.82) is 0 Å². The lowest BCUT2D eigenvalue weighted by molar-refractivity contribution is 0.0827. The SMILES string of the molecule is CN(C)C(=O)c1ccc(OCc2ccc(S(=O)(=O)N(C)C)o2)cc1. The first kappa shape index (κ1) is 18.0.